The molecule has 3 aromatic rings. The smallest absolute Gasteiger partial charge is 0.227 e. The minimum atomic E-state index is -2.45. The highest BCUT2D eigenvalue weighted by atomic mass is 32.2. The summed E-state index contributed by atoms with van der Waals surface area (Å²) in [6.45, 7) is 4.99. The molecule has 1 aromatic heterocycles. The molecule has 4 rings (SSSR count). The van der Waals surface area contributed by atoms with Gasteiger partial charge in [0.1, 0.15) is 17.3 Å². The van der Waals surface area contributed by atoms with E-state index >= 15 is 0 Å². The van der Waals surface area contributed by atoms with Crippen LogP contribution in [-0.4, -0.2) is 39.6 Å². The van der Waals surface area contributed by atoms with E-state index in [4.69, 9.17) is 4.74 Å². The average molecular weight is 516 g/mol. The number of rotatable bonds is 4. The van der Waals surface area contributed by atoms with Crippen molar-refractivity contribution in [2.24, 2.45) is 4.36 Å². The first-order valence-electron chi connectivity index (χ1n) is 12.0. The molecule has 0 aliphatic carbocycles. The Bertz CT molecular complexity index is 1360. The predicted octanol–water partition coefficient (Wildman–Crippen LogP) is 6.15. The highest BCUT2D eigenvalue weighted by Gasteiger charge is 2.16. The van der Waals surface area contributed by atoms with E-state index in [-0.39, 0.29) is 23.4 Å². The molecule has 1 aliphatic rings. The number of benzene rings is 2. The number of anilines is 3. The van der Waals surface area contributed by atoms with Gasteiger partial charge in [-0.1, -0.05) is 6.92 Å². The summed E-state index contributed by atoms with van der Waals surface area (Å²) in [6, 6.07) is 9.64. The van der Waals surface area contributed by atoms with Crippen molar-refractivity contribution in [3.63, 3.8) is 0 Å². The maximum absolute atomic E-state index is 14.8. The monoisotopic (exact) mass is 515 g/mol. The molecule has 192 valence electrons. The third-order valence-electron chi connectivity index (χ3n) is 5.79. The average Bonchev–Trinajstić information content (AvgIpc) is 2.81. The summed E-state index contributed by atoms with van der Waals surface area (Å²) < 4.78 is 52.4. The van der Waals surface area contributed by atoms with E-state index in [9.17, 15) is 13.0 Å². The van der Waals surface area contributed by atoms with Gasteiger partial charge in [0.05, 0.1) is 24.6 Å². The van der Waals surface area contributed by atoms with E-state index in [1.165, 1.54) is 18.2 Å². The molecule has 2 atom stereocenters. The Morgan fingerprint density at radius 3 is 2.83 bits per heavy atom. The van der Waals surface area contributed by atoms with Crippen LogP contribution in [0.2, 0.25) is 0 Å². The van der Waals surface area contributed by atoms with E-state index in [0.29, 0.717) is 35.8 Å². The second-order valence-corrected chi connectivity index (χ2v) is 11.4. The number of aromatic nitrogens is 2. The van der Waals surface area contributed by atoms with Crippen LogP contribution in [-0.2, 0) is 15.5 Å². The van der Waals surface area contributed by atoms with Crippen LogP contribution in [0.5, 0.6) is 5.75 Å². The largest absolute Gasteiger partial charge is 0.494 e. The summed E-state index contributed by atoms with van der Waals surface area (Å²) in [4.78, 5) is 8.47. The van der Waals surface area contributed by atoms with Gasteiger partial charge in [0, 0.05) is 45.5 Å². The maximum atomic E-state index is 14.8. The van der Waals surface area contributed by atoms with Crippen molar-refractivity contribution < 1.29 is 17.7 Å². The fourth-order valence-electron chi connectivity index (χ4n) is 3.96. The number of halogens is 2. The highest BCUT2D eigenvalue weighted by molar-refractivity contribution is 7.92. The molecule has 2 N–H and O–H groups in total. The zero-order valence-corrected chi connectivity index (χ0v) is 21.5. The van der Waals surface area contributed by atoms with Gasteiger partial charge < -0.3 is 15.4 Å². The molecule has 36 heavy (non-hydrogen) atoms. The highest BCUT2D eigenvalue weighted by Crippen LogP contribution is 2.31. The second-order valence-electron chi connectivity index (χ2n) is 9.02. The molecule has 0 spiro atoms. The lowest BCUT2D eigenvalue weighted by atomic mass is 10.1. The van der Waals surface area contributed by atoms with E-state index in [2.05, 4.69) is 25.0 Å². The lowest BCUT2D eigenvalue weighted by Gasteiger charge is -2.14. The normalized spacial score (nSPS) is 16.0. The van der Waals surface area contributed by atoms with Crippen molar-refractivity contribution in [2.45, 2.75) is 44.9 Å². The molecule has 2 aromatic carbocycles. The summed E-state index contributed by atoms with van der Waals surface area (Å²) in [5.74, 6) is 0.00765. The van der Waals surface area contributed by atoms with Crippen LogP contribution in [0.4, 0.5) is 26.1 Å². The summed E-state index contributed by atoms with van der Waals surface area (Å²) >= 11 is 0. The van der Waals surface area contributed by atoms with Gasteiger partial charge in [0.2, 0.25) is 5.95 Å². The van der Waals surface area contributed by atoms with Crippen LogP contribution in [0.1, 0.15) is 38.7 Å². The molecule has 2 heterocycles. The summed E-state index contributed by atoms with van der Waals surface area (Å²) in [7, 11) is -2.45. The predicted molar refractivity (Wildman–Crippen MR) is 140 cm³/mol. The molecule has 0 radical (unpaired) electrons. The number of ether oxygens (including phenoxy) is 1. The van der Waals surface area contributed by atoms with Crippen LogP contribution in [0.3, 0.4) is 0 Å². The Morgan fingerprint density at radius 1 is 1.19 bits per heavy atom. The van der Waals surface area contributed by atoms with E-state index in [1.807, 2.05) is 26.0 Å². The van der Waals surface area contributed by atoms with Crippen molar-refractivity contribution in [2.75, 3.05) is 30.0 Å². The summed E-state index contributed by atoms with van der Waals surface area (Å²) in [5, 5.41) is 6.30. The zero-order valence-electron chi connectivity index (χ0n) is 20.7. The molecular formula is C26H31F2N5O2S. The molecule has 0 saturated carbocycles. The quantitative estimate of drug-likeness (QED) is 0.434. The Hall–Kier alpha value is -3.27. The Labute approximate surface area is 210 Å². The molecule has 10 heteroatoms. The van der Waals surface area contributed by atoms with Gasteiger partial charge in [-0.15, -0.1) is 0 Å². The van der Waals surface area contributed by atoms with E-state index in [1.54, 1.807) is 12.3 Å². The van der Waals surface area contributed by atoms with Gasteiger partial charge in [-0.2, -0.15) is 0 Å². The van der Waals surface area contributed by atoms with Gasteiger partial charge in [-0.3, -0.25) is 0 Å². The van der Waals surface area contributed by atoms with Gasteiger partial charge >= 0.3 is 0 Å². The molecule has 0 saturated heterocycles. The van der Waals surface area contributed by atoms with Gasteiger partial charge in [-0.25, -0.2) is 27.3 Å². The molecule has 2 unspecified atom stereocenters. The molecule has 1 aliphatic heterocycles. The Balaban J connectivity index is 1.74. The topological polar surface area (TPSA) is 88.5 Å². The van der Waals surface area contributed by atoms with Crippen molar-refractivity contribution in [1.29, 1.82) is 0 Å². The number of hydrogen-bond acceptors (Lipinski definition) is 7. The molecule has 0 amide bonds. The first-order chi connectivity index (χ1) is 17.2. The molecule has 7 nitrogen and oxygen atoms in total. The van der Waals surface area contributed by atoms with Crippen LogP contribution < -0.4 is 15.4 Å². The van der Waals surface area contributed by atoms with E-state index < -0.39 is 21.4 Å². The third kappa shape index (κ3) is 6.69. The number of fused-ring (bicyclic) bond motifs is 6. The third-order valence-corrected chi connectivity index (χ3v) is 7.46. The van der Waals surface area contributed by atoms with Crippen molar-refractivity contribution in [1.82, 2.24) is 9.97 Å². The lowest BCUT2D eigenvalue weighted by molar-refractivity contribution is 0.308. The van der Waals surface area contributed by atoms with Crippen molar-refractivity contribution >= 4 is 27.1 Å². The number of nitrogens with zero attached hydrogens (tertiary/aromatic N) is 3. The van der Waals surface area contributed by atoms with Crippen LogP contribution >= 0.6 is 0 Å². The van der Waals surface area contributed by atoms with E-state index in [0.717, 1.165) is 31.0 Å². The van der Waals surface area contributed by atoms with Gasteiger partial charge in [-0.05, 0) is 62.1 Å². The maximum Gasteiger partial charge on any atom is 0.227 e. The molecule has 4 bridgehead atoms. The number of nitrogens with one attached hydrogen (secondary N) is 2. The van der Waals surface area contributed by atoms with Crippen molar-refractivity contribution in [3.8, 4) is 17.0 Å². The fraction of sp³-hybridized carbons (Fsp3) is 0.385. The molecule has 0 fully saturated rings. The second kappa shape index (κ2) is 11.2. The first kappa shape index (κ1) is 25.8. The van der Waals surface area contributed by atoms with Crippen LogP contribution in [0, 0.1) is 11.6 Å². The number of hydrogen-bond donors (Lipinski definition) is 2. The summed E-state index contributed by atoms with van der Waals surface area (Å²) in [5.41, 5.74) is 2.37. The fourth-order valence-corrected chi connectivity index (χ4v) is 5.73. The van der Waals surface area contributed by atoms with Crippen molar-refractivity contribution in [3.05, 3.63) is 59.8 Å². The zero-order chi connectivity index (χ0) is 25.7. The van der Waals surface area contributed by atoms with Crippen LogP contribution in [0.15, 0.2) is 47.0 Å². The van der Waals surface area contributed by atoms with Gasteiger partial charge in [0.25, 0.3) is 0 Å². The SMILES string of the molecule is CCC(C)N=S(C)(=O)Cc1cc2cc(c1)OCCCCNc1cc(F)ccc1-c1nc(ncc1F)N2. The Kier molecular flexibility index (Phi) is 8.03. The minimum absolute atomic E-state index is 0.00463. The van der Waals surface area contributed by atoms with Gasteiger partial charge in [0.15, 0.2) is 5.82 Å². The van der Waals surface area contributed by atoms with Crippen LogP contribution in [0.25, 0.3) is 11.3 Å². The Morgan fingerprint density at radius 2 is 2.03 bits per heavy atom. The molecular weight excluding hydrogens is 484 g/mol. The lowest BCUT2D eigenvalue weighted by Crippen LogP contribution is -2.08. The minimum Gasteiger partial charge on any atom is -0.494 e. The summed E-state index contributed by atoms with van der Waals surface area (Å²) in [6.07, 6.45) is 5.07. The standard InChI is InChI=1S/C26H31F2N5O2S/c1-4-17(2)33-36(3,34)16-18-11-20-14-21(12-18)35-10-6-5-9-29-24-13-19(27)7-8-22(24)25-23(28)15-30-26(31-20)32-25/h7-8,11-15,17,29H,4-6,9-10,16H2,1-3H3,(H,30,31,32). The first-order valence-corrected chi connectivity index (χ1v) is 14.1.